The minimum absolute atomic E-state index is 0. The van der Waals surface area contributed by atoms with Crippen molar-refractivity contribution >= 4 is 51.8 Å². The molecule has 0 spiro atoms. The summed E-state index contributed by atoms with van der Waals surface area (Å²) in [4.78, 5) is 69.1. The Kier molecular flexibility index (Phi) is 17.4. The van der Waals surface area contributed by atoms with Crippen LogP contribution in [0.2, 0.25) is 0 Å². The van der Waals surface area contributed by atoms with Crippen LogP contribution in [0.4, 0.5) is 0 Å². The summed E-state index contributed by atoms with van der Waals surface area (Å²) in [6.45, 7) is 0. The van der Waals surface area contributed by atoms with Gasteiger partial charge in [0.25, 0.3) is 13.9 Å². The molecule has 0 fully saturated rings. The van der Waals surface area contributed by atoms with Crippen LogP contribution in [0, 0.1) is 0 Å². The molecule has 0 aliphatic heterocycles. The zero-order valence-electron chi connectivity index (χ0n) is 12.3. The summed E-state index contributed by atoms with van der Waals surface area (Å²) in [5.41, 5.74) is 0. The average molecular weight is 493 g/mol. The van der Waals surface area contributed by atoms with Gasteiger partial charge in [-0.2, -0.15) is 12.7 Å². The fourth-order valence-electron chi connectivity index (χ4n) is 0.327. The van der Waals surface area contributed by atoms with Gasteiger partial charge in [0.05, 0.1) is 0 Å². The van der Waals surface area contributed by atoms with Crippen molar-refractivity contribution < 1.29 is 114 Å². The number of phosphoric acid groups is 3. The molecule has 0 aromatic carbocycles. The van der Waals surface area contributed by atoms with Gasteiger partial charge in [0.15, 0.2) is 0 Å². The molecule has 0 aliphatic rings. The van der Waals surface area contributed by atoms with Crippen LogP contribution in [0.3, 0.4) is 0 Å². The maximum Gasteiger partial charge on any atom is 1.00 e. The maximum absolute atomic E-state index is 10.3. The SMILES string of the molecule is O=C(O)C(=O)O.O=C=NS(=O)(=O)O.O=P([O-])(O)OP(=O)(O)OP(=O)(O)O.[Na+]. The van der Waals surface area contributed by atoms with Crippen LogP contribution in [-0.4, -0.2) is 60.8 Å². The van der Waals surface area contributed by atoms with E-state index in [1.807, 2.05) is 4.40 Å². The van der Waals surface area contributed by atoms with Crippen molar-refractivity contribution in [3.63, 3.8) is 0 Å². The van der Waals surface area contributed by atoms with Crippen molar-refractivity contribution in [1.29, 1.82) is 0 Å². The fourth-order valence-corrected chi connectivity index (χ4v) is 2.93. The summed E-state index contributed by atoms with van der Waals surface area (Å²) in [6, 6.07) is 0. The summed E-state index contributed by atoms with van der Waals surface area (Å²) in [6.07, 6.45) is 0.645. The van der Waals surface area contributed by atoms with Gasteiger partial charge >= 0.3 is 67.4 Å². The zero-order chi connectivity index (χ0) is 22.0. The third kappa shape index (κ3) is 37.1. The number of carboxylic acids is 2. The largest absolute Gasteiger partial charge is 1.00 e. The molecule has 0 saturated carbocycles. The minimum atomic E-state index is -5.60. The molecule has 7 N–H and O–H groups in total. The zero-order valence-corrected chi connectivity index (χ0v) is 17.8. The second kappa shape index (κ2) is 13.8. The standard InChI is InChI=1S/C2H2O4.CHNO4S.Na.H5O10P3/c3-1(4)2(5)6;3-1-2-7(4,5)6;;1-11(2,3)9-13(7,8)10-12(4,5)6/h(H,3,4)(H,5,6);(H,4,5,6);;(H,7,8)(H2,1,2,3)(H2,4,5,6)/q;;+1;/p-1. The number of rotatable bonds is 5. The van der Waals surface area contributed by atoms with Crippen molar-refractivity contribution in [2.24, 2.45) is 4.40 Å². The topological polar surface area (TPSA) is 332 Å². The molecule has 0 aromatic heterocycles. The molecule has 0 radical (unpaired) electrons. The number of carbonyl (C=O) groups excluding carboxylic acids is 1. The van der Waals surface area contributed by atoms with Crippen molar-refractivity contribution in [2.75, 3.05) is 0 Å². The second-order valence-electron chi connectivity index (χ2n) is 2.83. The quantitative estimate of drug-likeness (QED) is 0.0468. The number of carboxylic acid groups (broad SMARTS) is 2. The van der Waals surface area contributed by atoms with Crippen LogP contribution in [0.15, 0.2) is 4.40 Å². The second-order valence-corrected chi connectivity index (χ2v) is 8.07. The molecule has 27 heavy (non-hydrogen) atoms. The molecule has 0 saturated heterocycles. The van der Waals surface area contributed by atoms with E-state index in [9.17, 15) is 27.0 Å². The summed E-state index contributed by atoms with van der Waals surface area (Å²) >= 11 is 0. The fraction of sp³-hybridized carbons (Fsp3) is 0. The van der Waals surface area contributed by atoms with Gasteiger partial charge in [-0.3, -0.25) is 9.12 Å². The Labute approximate surface area is 169 Å². The molecule has 19 nitrogen and oxygen atoms in total. The monoisotopic (exact) mass is 493 g/mol. The molecule has 0 rings (SSSR count). The van der Waals surface area contributed by atoms with Gasteiger partial charge < -0.3 is 34.7 Å². The van der Waals surface area contributed by atoms with E-state index in [2.05, 4.69) is 8.62 Å². The van der Waals surface area contributed by atoms with Gasteiger partial charge in [-0.05, 0) is 0 Å². The molecule has 0 heterocycles. The molecule has 0 aromatic rings. The molecule has 154 valence electrons. The van der Waals surface area contributed by atoms with E-state index in [0.717, 1.165) is 0 Å². The first-order valence-corrected chi connectivity index (χ1v) is 10.4. The maximum atomic E-state index is 10.3. The predicted octanol–water partition coefficient (Wildman–Crippen LogP) is -6.04. The number of hydrogen-bond donors (Lipinski definition) is 7. The average Bonchev–Trinajstić information content (AvgIpc) is 2.20. The minimum Gasteiger partial charge on any atom is -0.756 e. The Morgan fingerprint density at radius 1 is 0.963 bits per heavy atom. The van der Waals surface area contributed by atoms with Gasteiger partial charge in [-0.1, -0.05) is 4.40 Å². The van der Waals surface area contributed by atoms with Crippen LogP contribution < -0.4 is 34.5 Å². The first-order valence-electron chi connectivity index (χ1n) is 4.49. The first-order chi connectivity index (χ1) is 11.1. The summed E-state index contributed by atoms with van der Waals surface area (Å²) < 4.78 is 64.3. The van der Waals surface area contributed by atoms with E-state index >= 15 is 0 Å². The van der Waals surface area contributed by atoms with Crippen LogP contribution in [0.25, 0.3) is 0 Å². The Morgan fingerprint density at radius 2 is 1.30 bits per heavy atom. The van der Waals surface area contributed by atoms with Crippen molar-refractivity contribution in [1.82, 2.24) is 0 Å². The van der Waals surface area contributed by atoms with Crippen LogP contribution in [0.5, 0.6) is 0 Å². The summed E-state index contributed by atoms with van der Waals surface area (Å²) in [5.74, 6) is -3.65. The molecule has 0 amide bonds. The van der Waals surface area contributed by atoms with Gasteiger partial charge in [-0.15, -0.1) is 0 Å². The van der Waals surface area contributed by atoms with Gasteiger partial charge in [0.2, 0.25) is 0 Å². The van der Waals surface area contributed by atoms with Crippen LogP contribution in [0.1, 0.15) is 0 Å². The number of aliphatic carboxylic acids is 2. The molecule has 0 bridgehead atoms. The first kappa shape index (κ1) is 34.2. The predicted molar refractivity (Wildman–Crippen MR) is 68.8 cm³/mol. The van der Waals surface area contributed by atoms with E-state index in [4.69, 9.17) is 48.7 Å². The van der Waals surface area contributed by atoms with E-state index in [1.54, 1.807) is 0 Å². The number of carbonyl (C=O) groups is 2. The molecular formula is C3H7NNaO18P3S. The van der Waals surface area contributed by atoms with Gasteiger partial charge in [-0.25, -0.2) is 27.8 Å². The smallest absolute Gasteiger partial charge is 0.756 e. The van der Waals surface area contributed by atoms with Crippen molar-refractivity contribution in [3.05, 3.63) is 0 Å². The molecule has 2 unspecified atom stereocenters. The van der Waals surface area contributed by atoms with Crippen molar-refractivity contribution in [3.8, 4) is 0 Å². The molecule has 24 heteroatoms. The van der Waals surface area contributed by atoms with E-state index < -0.39 is 45.7 Å². The third-order valence-corrected chi connectivity index (χ3v) is 4.38. The van der Waals surface area contributed by atoms with Crippen LogP contribution in [-0.2, 0) is 47.0 Å². The van der Waals surface area contributed by atoms with Crippen LogP contribution >= 0.6 is 23.5 Å². The summed E-state index contributed by atoms with van der Waals surface area (Å²) in [5, 5.41) is 14.8. The molecular weight excluding hydrogens is 486 g/mol. The van der Waals surface area contributed by atoms with Crippen molar-refractivity contribution in [2.45, 2.75) is 0 Å². The van der Waals surface area contributed by atoms with Gasteiger partial charge in [0, 0.05) is 0 Å². The Hall–Kier alpha value is -0.360. The van der Waals surface area contributed by atoms with E-state index in [-0.39, 0.29) is 29.6 Å². The molecule has 0 aliphatic carbocycles. The Bertz CT molecular complexity index is 743. The molecule has 2 atom stereocenters. The third-order valence-electron chi connectivity index (χ3n) is 0.751. The van der Waals surface area contributed by atoms with Gasteiger partial charge in [0.1, 0.15) is 0 Å². The number of nitrogens with zero attached hydrogens (tertiary/aromatic N) is 1. The Balaban J connectivity index is -0.000000160. The number of isocyanates is 1. The Morgan fingerprint density at radius 3 is 1.41 bits per heavy atom. The van der Waals surface area contributed by atoms with E-state index in [0.29, 0.717) is 6.08 Å². The van der Waals surface area contributed by atoms with E-state index in [1.165, 1.54) is 0 Å². The summed E-state index contributed by atoms with van der Waals surface area (Å²) in [7, 11) is -21.0. The number of hydrogen-bond acceptors (Lipinski definition) is 11. The normalized spacial score (nSPS) is 14.7.